The van der Waals surface area contributed by atoms with Crippen molar-refractivity contribution in [2.45, 2.75) is 24.5 Å². The maximum atomic E-state index is 11.5. The highest BCUT2D eigenvalue weighted by atomic mass is 16.3. The van der Waals surface area contributed by atoms with Gasteiger partial charge in [-0.3, -0.25) is 0 Å². The average molecular weight is 369 g/mol. The summed E-state index contributed by atoms with van der Waals surface area (Å²) in [6.45, 7) is 0. The second-order valence-electron chi connectivity index (χ2n) is 6.77. The molecule has 0 bridgehead atoms. The maximum Gasteiger partial charge on any atom is 0.118 e. The quantitative estimate of drug-likeness (QED) is 0.583. The molecule has 3 aromatic carbocycles. The molecule has 0 heterocycles. The summed E-state index contributed by atoms with van der Waals surface area (Å²) in [5, 5.41) is 31.5. The zero-order valence-electron chi connectivity index (χ0n) is 15.6. The number of hydrogen-bond donors (Lipinski definition) is 2. The standard InChI is InChI=1S/C25H23NO2/c26-19-20(18-24(27)21-10-4-1-5-11-21)16-17-25(28,22-12-6-2-7-13-22)23-14-8-3-9-15-23/h1-16,24,27-28H,17-18H2/b20-16-. The molecule has 0 aliphatic heterocycles. The van der Waals surface area contributed by atoms with Crippen molar-refractivity contribution in [3.63, 3.8) is 0 Å². The topological polar surface area (TPSA) is 64.2 Å². The van der Waals surface area contributed by atoms with Gasteiger partial charge in [0.1, 0.15) is 5.60 Å². The van der Waals surface area contributed by atoms with Gasteiger partial charge in [-0.25, -0.2) is 0 Å². The summed E-state index contributed by atoms with van der Waals surface area (Å²) in [6.07, 6.45) is 1.42. The Hall–Kier alpha value is -3.19. The van der Waals surface area contributed by atoms with E-state index >= 15 is 0 Å². The first-order valence-corrected chi connectivity index (χ1v) is 9.29. The number of aliphatic hydroxyl groups excluding tert-OH is 1. The molecule has 0 radical (unpaired) electrons. The molecule has 1 unspecified atom stereocenters. The molecule has 0 aliphatic rings. The van der Waals surface area contributed by atoms with Gasteiger partial charge in [0.2, 0.25) is 0 Å². The normalized spacial score (nSPS) is 13.0. The Balaban J connectivity index is 1.87. The summed E-state index contributed by atoms with van der Waals surface area (Å²) in [7, 11) is 0. The van der Waals surface area contributed by atoms with Gasteiger partial charge in [0, 0.05) is 18.4 Å². The van der Waals surface area contributed by atoms with E-state index in [0.717, 1.165) is 16.7 Å². The minimum atomic E-state index is -1.25. The molecular formula is C25H23NO2. The molecule has 3 heteroatoms. The molecule has 0 aromatic heterocycles. The van der Waals surface area contributed by atoms with E-state index < -0.39 is 11.7 Å². The lowest BCUT2D eigenvalue weighted by atomic mass is 9.83. The van der Waals surface area contributed by atoms with Gasteiger partial charge in [0.15, 0.2) is 0 Å². The first-order valence-electron chi connectivity index (χ1n) is 9.29. The molecule has 0 saturated carbocycles. The highest BCUT2D eigenvalue weighted by molar-refractivity contribution is 5.38. The smallest absolute Gasteiger partial charge is 0.118 e. The lowest BCUT2D eigenvalue weighted by Crippen LogP contribution is -2.26. The molecule has 0 aliphatic carbocycles. The number of benzene rings is 3. The van der Waals surface area contributed by atoms with Crippen molar-refractivity contribution < 1.29 is 10.2 Å². The molecule has 0 spiro atoms. The summed E-state index contributed by atoms with van der Waals surface area (Å²) >= 11 is 0. The third-order valence-corrected chi connectivity index (χ3v) is 4.89. The van der Waals surface area contributed by atoms with Crippen LogP contribution >= 0.6 is 0 Å². The minimum absolute atomic E-state index is 0.209. The summed E-state index contributed by atoms with van der Waals surface area (Å²) in [6, 6.07) is 30.3. The predicted octanol–water partition coefficient (Wildman–Crippen LogP) is 4.89. The summed E-state index contributed by atoms with van der Waals surface area (Å²) < 4.78 is 0. The van der Waals surface area contributed by atoms with Crippen LogP contribution in [0.5, 0.6) is 0 Å². The minimum Gasteiger partial charge on any atom is -0.388 e. The lowest BCUT2D eigenvalue weighted by molar-refractivity contribution is 0.0837. The van der Waals surface area contributed by atoms with Crippen LogP contribution in [0.1, 0.15) is 35.6 Å². The van der Waals surface area contributed by atoms with Crippen LogP contribution in [0.15, 0.2) is 103 Å². The monoisotopic (exact) mass is 369 g/mol. The van der Waals surface area contributed by atoms with Crippen molar-refractivity contribution in [1.29, 1.82) is 5.26 Å². The van der Waals surface area contributed by atoms with Crippen LogP contribution in [-0.4, -0.2) is 10.2 Å². The van der Waals surface area contributed by atoms with Gasteiger partial charge in [-0.1, -0.05) is 97.1 Å². The van der Waals surface area contributed by atoms with E-state index in [4.69, 9.17) is 0 Å². The Kier molecular flexibility index (Phi) is 6.39. The molecule has 1 atom stereocenters. The Morgan fingerprint density at radius 3 is 1.79 bits per heavy atom. The molecule has 3 nitrogen and oxygen atoms in total. The fraction of sp³-hybridized carbons (Fsp3) is 0.160. The van der Waals surface area contributed by atoms with Crippen LogP contribution in [0, 0.1) is 11.3 Å². The highest BCUT2D eigenvalue weighted by Crippen LogP contribution is 2.34. The third kappa shape index (κ3) is 4.55. The Morgan fingerprint density at radius 1 is 0.857 bits per heavy atom. The van der Waals surface area contributed by atoms with E-state index in [9.17, 15) is 15.5 Å². The van der Waals surface area contributed by atoms with E-state index in [1.54, 1.807) is 6.08 Å². The van der Waals surface area contributed by atoms with E-state index in [1.807, 2.05) is 91.0 Å². The van der Waals surface area contributed by atoms with Crippen LogP contribution in [0.2, 0.25) is 0 Å². The lowest BCUT2D eigenvalue weighted by Gasteiger charge is -2.28. The molecule has 0 saturated heterocycles. The number of nitrogens with zero attached hydrogens (tertiary/aromatic N) is 1. The summed E-state index contributed by atoms with van der Waals surface area (Å²) in [5.41, 5.74) is 1.49. The van der Waals surface area contributed by atoms with Crippen molar-refractivity contribution in [2.24, 2.45) is 0 Å². The van der Waals surface area contributed by atoms with E-state index in [0.29, 0.717) is 5.57 Å². The molecule has 28 heavy (non-hydrogen) atoms. The molecule has 2 N–H and O–H groups in total. The van der Waals surface area contributed by atoms with Crippen LogP contribution in [-0.2, 0) is 5.60 Å². The van der Waals surface area contributed by atoms with Crippen molar-refractivity contribution in [3.8, 4) is 6.07 Å². The number of rotatable bonds is 7. The molecule has 3 rings (SSSR count). The third-order valence-electron chi connectivity index (χ3n) is 4.89. The van der Waals surface area contributed by atoms with Gasteiger partial charge in [-0.05, 0) is 16.7 Å². The fourth-order valence-corrected chi connectivity index (χ4v) is 3.28. The largest absolute Gasteiger partial charge is 0.388 e. The summed E-state index contributed by atoms with van der Waals surface area (Å²) in [4.78, 5) is 0. The number of aliphatic hydroxyl groups is 2. The summed E-state index contributed by atoms with van der Waals surface area (Å²) in [5.74, 6) is 0. The van der Waals surface area contributed by atoms with Crippen molar-refractivity contribution in [3.05, 3.63) is 119 Å². The van der Waals surface area contributed by atoms with Crippen molar-refractivity contribution >= 4 is 0 Å². The predicted molar refractivity (Wildman–Crippen MR) is 110 cm³/mol. The van der Waals surface area contributed by atoms with Gasteiger partial charge in [0.25, 0.3) is 0 Å². The van der Waals surface area contributed by atoms with Crippen LogP contribution in [0.25, 0.3) is 0 Å². The van der Waals surface area contributed by atoms with Gasteiger partial charge in [-0.2, -0.15) is 5.26 Å². The Labute approximate surface area is 165 Å². The maximum absolute atomic E-state index is 11.5. The van der Waals surface area contributed by atoms with E-state index in [-0.39, 0.29) is 12.8 Å². The molecule has 0 amide bonds. The second kappa shape index (κ2) is 9.14. The highest BCUT2D eigenvalue weighted by Gasteiger charge is 2.30. The van der Waals surface area contributed by atoms with Crippen LogP contribution in [0.3, 0.4) is 0 Å². The number of hydrogen-bond acceptors (Lipinski definition) is 3. The molecular weight excluding hydrogens is 346 g/mol. The Morgan fingerprint density at radius 2 is 1.32 bits per heavy atom. The number of nitriles is 1. The van der Waals surface area contributed by atoms with Crippen molar-refractivity contribution in [1.82, 2.24) is 0 Å². The first kappa shape index (κ1) is 19.6. The zero-order chi connectivity index (χ0) is 19.8. The average Bonchev–Trinajstić information content (AvgIpc) is 2.78. The van der Waals surface area contributed by atoms with Gasteiger partial charge < -0.3 is 10.2 Å². The molecule has 140 valence electrons. The second-order valence-corrected chi connectivity index (χ2v) is 6.77. The Bertz CT molecular complexity index is 905. The van der Waals surface area contributed by atoms with Crippen molar-refractivity contribution in [2.75, 3.05) is 0 Å². The van der Waals surface area contributed by atoms with Crippen LogP contribution < -0.4 is 0 Å². The first-order chi connectivity index (χ1) is 13.6. The van der Waals surface area contributed by atoms with Gasteiger partial charge >= 0.3 is 0 Å². The molecule has 0 fully saturated rings. The van der Waals surface area contributed by atoms with Gasteiger partial charge in [0.05, 0.1) is 12.2 Å². The fourth-order valence-electron chi connectivity index (χ4n) is 3.28. The molecule has 3 aromatic rings. The van der Waals surface area contributed by atoms with Gasteiger partial charge in [-0.15, -0.1) is 0 Å². The van der Waals surface area contributed by atoms with E-state index in [1.165, 1.54) is 0 Å². The SMILES string of the molecule is N#C/C(=C\CC(O)(c1ccccc1)c1ccccc1)CC(O)c1ccccc1. The van der Waals surface area contributed by atoms with Crippen LogP contribution in [0.4, 0.5) is 0 Å². The van der Waals surface area contributed by atoms with E-state index in [2.05, 4.69) is 6.07 Å². The zero-order valence-corrected chi connectivity index (χ0v) is 15.6.